The molecule has 0 aliphatic heterocycles. The van der Waals surface area contributed by atoms with Gasteiger partial charge >= 0.3 is 11.9 Å². The van der Waals surface area contributed by atoms with E-state index < -0.39 is 29.3 Å². The second kappa shape index (κ2) is 7.86. The number of hydrogen-bond donors (Lipinski definition) is 0. The third-order valence-electron chi connectivity index (χ3n) is 3.80. The second-order valence-electron chi connectivity index (χ2n) is 5.01. The molecule has 0 aromatic carbocycles. The maximum atomic E-state index is 12.2. The molecule has 0 unspecified atom stereocenters. The van der Waals surface area contributed by atoms with E-state index in [0.29, 0.717) is 6.42 Å². The Morgan fingerprint density at radius 3 is 2.32 bits per heavy atom. The van der Waals surface area contributed by atoms with Crippen molar-refractivity contribution in [1.82, 2.24) is 5.06 Å². The number of nitrogens with zero attached hydrogens (tertiary/aromatic N) is 1. The first-order valence-electron chi connectivity index (χ1n) is 6.62. The molecule has 0 heterocycles. The third-order valence-corrected chi connectivity index (χ3v) is 4.22. The number of esters is 2. The Hall–Kier alpha value is -1.23. The Balaban J connectivity index is 3.19. The number of carbonyl (C=O) groups is 4. The van der Waals surface area contributed by atoms with Crippen LogP contribution in [0.2, 0.25) is 0 Å². The lowest BCUT2D eigenvalue weighted by Crippen LogP contribution is -2.49. The minimum absolute atomic E-state index is 0.228. The van der Waals surface area contributed by atoms with Crippen molar-refractivity contribution in [3.63, 3.8) is 0 Å². The van der Waals surface area contributed by atoms with Gasteiger partial charge in [-0.1, -0.05) is 0 Å². The molecule has 0 bridgehead atoms. The fourth-order valence-electron chi connectivity index (χ4n) is 2.68. The number of hydrogen-bond acceptors (Lipinski definition) is 7. The van der Waals surface area contributed by atoms with E-state index in [2.05, 4.69) is 4.74 Å². The first-order valence-corrected chi connectivity index (χ1v) is 7.50. The van der Waals surface area contributed by atoms with E-state index in [4.69, 9.17) is 7.90 Å². The van der Waals surface area contributed by atoms with Crippen LogP contribution >= 0.6 is 23.0 Å². The van der Waals surface area contributed by atoms with Crippen molar-refractivity contribution in [2.45, 2.75) is 38.6 Å². The quantitative estimate of drug-likeness (QED) is 0.270. The van der Waals surface area contributed by atoms with Crippen molar-refractivity contribution in [1.29, 1.82) is 0 Å². The van der Waals surface area contributed by atoms with Crippen LogP contribution in [0.5, 0.6) is 0 Å². The van der Waals surface area contributed by atoms with Crippen LogP contribution < -0.4 is 0 Å². The highest BCUT2D eigenvalue weighted by Gasteiger charge is 2.53. The van der Waals surface area contributed by atoms with E-state index in [0.717, 1.165) is 12.2 Å². The van der Waals surface area contributed by atoms with E-state index in [-0.39, 0.29) is 25.0 Å². The molecule has 0 N–H and O–H groups in total. The third kappa shape index (κ3) is 3.57. The number of Topliss-reactive ketones (excluding diaryl/α,β-unsaturated/α-hetero) is 1. The Morgan fingerprint density at radius 2 is 1.95 bits per heavy atom. The van der Waals surface area contributed by atoms with E-state index in [1.165, 1.54) is 37.0 Å². The Bertz CT molecular complexity index is 481. The highest BCUT2D eigenvalue weighted by Crippen LogP contribution is 2.41. The topological polar surface area (TPSA) is 99.2 Å². The molecule has 9 heteroatoms. The molecular weight excluding hydrogens is 409 g/mol. The molecule has 1 amide bonds. The van der Waals surface area contributed by atoms with Crippen LogP contribution in [-0.4, -0.2) is 49.0 Å². The number of halogens is 1. The predicted octanol–water partition coefficient (Wildman–Crippen LogP) is 0.961. The van der Waals surface area contributed by atoms with Gasteiger partial charge in [-0.15, -0.1) is 0 Å². The zero-order chi connectivity index (χ0) is 16.9. The average molecular weight is 427 g/mol. The van der Waals surface area contributed by atoms with Gasteiger partial charge in [0.1, 0.15) is 34.2 Å². The van der Waals surface area contributed by atoms with Gasteiger partial charge < -0.3 is 9.47 Å². The van der Waals surface area contributed by atoms with E-state index in [1.807, 2.05) is 0 Å². The van der Waals surface area contributed by atoms with Gasteiger partial charge in [-0.05, 0) is 12.8 Å². The summed E-state index contributed by atoms with van der Waals surface area (Å²) >= 11 is 1.45. The summed E-state index contributed by atoms with van der Waals surface area (Å²) in [7, 11) is 2.34. The average Bonchev–Trinajstić information content (AvgIpc) is 2.86. The fraction of sp³-hybridized carbons (Fsp3) is 0.692. The second-order valence-corrected chi connectivity index (χ2v) is 5.40. The summed E-state index contributed by atoms with van der Waals surface area (Å²) in [5.41, 5.74) is -1.45. The molecule has 1 aliphatic rings. The summed E-state index contributed by atoms with van der Waals surface area (Å²) in [4.78, 5) is 48.0. The summed E-state index contributed by atoms with van der Waals surface area (Å²) in [6.45, 7) is 1.20. The summed E-state index contributed by atoms with van der Waals surface area (Å²) in [5.74, 6) is -2.32. The summed E-state index contributed by atoms with van der Waals surface area (Å²) in [5, 5.41) is 0.794. The molecule has 1 aliphatic carbocycles. The number of ketones is 1. The molecule has 124 valence electrons. The zero-order valence-electron chi connectivity index (χ0n) is 12.6. The normalized spacial score (nSPS) is 22.1. The molecule has 22 heavy (non-hydrogen) atoms. The van der Waals surface area contributed by atoms with Crippen molar-refractivity contribution in [3.05, 3.63) is 0 Å². The smallest absolute Gasteiger partial charge is 0.331 e. The monoisotopic (exact) mass is 427 g/mol. The van der Waals surface area contributed by atoms with Crippen LogP contribution in [0.3, 0.4) is 0 Å². The van der Waals surface area contributed by atoms with Gasteiger partial charge in [0.15, 0.2) is 6.04 Å². The minimum Gasteiger partial charge on any atom is -0.468 e. The van der Waals surface area contributed by atoms with Crippen molar-refractivity contribution < 1.29 is 31.8 Å². The SMILES string of the molecule is COC(=O)[C@H](C[C@@]1(C(=O)OC)CCCC1=O)N(OI)C(C)=O. The van der Waals surface area contributed by atoms with Crippen molar-refractivity contribution in [3.8, 4) is 0 Å². The number of methoxy groups -OCH3 is 2. The Kier molecular flexibility index (Phi) is 6.72. The maximum absolute atomic E-state index is 12.2. The molecule has 1 fully saturated rings. The van der Waals surface area contributed by atoms with Crippen LogP contribution in [0, 0.1) is 5.41 Å². The first kappa shape index (κ1) is 18.8. The minimum atomic E-state index is -1.45. The Labute approximate surface area is 142 Å². The standard InChI is InChI=1S/C13H18INO7/c1-8(16)15(22-14)9(11(18)20-2)7-13(12(19)21-3)6-4-5-10(13)17/h9H,4-7H2,1-3H3/t9-,13-/m0/s1. The zero-order valence-corrected chi connectivity index (χ0v) is 14.7. The molecule has 0 radical (unpaired) electrons. The molecule has 0 aromatic heterocycles. The van der Waals surface area contributed by atoms with Crippen molar-refractivity contribution >= 4 is 46.6 Å². The van der Waals surface area contributed by atoms with Crippen molar-refractivity contribution in [2.24, 2.45) is 5.41 Å². The maximum Gasteiger partial charge on any atom is 0.331 e. The number of carbonyl (C=O) groups excluding carboxylic acids is 4. The lowest BCUT2D eigenvalue weighted by atomic mass is 9.79. The predicted molar refractivity (Wildman–Crippen MR) is 81.4 cm³/mol. The van der Waals surface area contributed by atoms with Gasteiger partial charge in [0, 0.05) is 19.8 Å². The molecule has 1 rings (SSSR count). The number of amides is 1. The van der Waals surface area contributed by atoms with Crippen molar-refractivity contribution in [2.75, 3.05) is 14.2 Å². The number of ether oxygens (including phenoxy) is 2. The van der Waals surface area contributed by atoms with Gasteiger partial charge in [0.2, 0.25) is 5.91 Å². The molecule has 0 spiro atoms. The lowest BCUT2D eigenvalue weighted by Gasteiger charge is -2.32. The fourth-order valence-corrected chi connectivity index (χ4v) is 3.24. The molecule has 0 saturated heterocycles. The van der Waals surface area contributed by atoms with Gasteiger partial charge in [0.05, 0.1) is 14.2 Å². The summed E-state index contributed by atoms with van der Waals surface area (Å²) < 4.78 is 14.3. The largest absolute Gasteiger partial charge is 0.468 e. The number of hydroxylamine groups is 2. The van der Waals surface area contributed by atoms with Crippen LogP contribution in [-0.2, 0) is 31.8 Å². The van der Waals surface area contributed by atoms with Crippen LogP contribution in [0.4, 0.5) is 0 Å². The Morgan fingerprint density at radius 1 is 1.32 bits per heavy atom. The molecular formula is C13H18INO7. The molecule has 0 aromatic rings. The first-order chi connectivity index (χ1) is 10.3. The van der Waals surface area contributed by atoms with Crippen LogP contribution in [0.15, 0.2) is 0 Å². The van der Waals surface area contributed by atoms with E-state index in [9.17, 15) is 19.2 Å². The lowest BCUT2D eigenvalue weighted by molar-refractivity contribution is -0.176. The van der Waals surface area contributed by atoms with Gasteiger partial charge in [-0.25, -0.2) is 7.96 Å². The highest BCUT2D eigenvalue weighted by molar-refractivity contribution is 14.1. The van der Waals surface area contributed by atoms with Gasteiger partial charge in [0.25, 0.3) is 0 Å². The van der Waals surface area contributed by atoms with Crippen LogP contribution in [0.25, 0.3) is 0 Å². The molecule has 1 saturated carbocycles. The molecule has 8 nitrogen and oxygen atoms in total. The van der Waals surface area contributed by atoms with Crippen LogP contribution in [0.1, 0.15) is 32.6 Å². The highest BCUT2D eigenvalue weighted by atomic mass is 127. The van der Waals surface area contributed by atoms with Gasteiger partial charge in [-0.3, -0.25) is 14.4 Å². The van der Waals surface area contributed by atoms with Gasteiger partial charge in [-0.2, -0.15) is 5.06 Å². The van der Waals surface area contributed by atoms with E-state index >= 15 is 0 Å². The molecule has 2 atom stereocenters. The summed E-state index contributed by atoms with van der Waals surface area (Å²) in [6, 6.07) is -1.21. The van der Waals surface area contributed by atoms with E-state index in [1.54, 1.807) is 0 Å². The summed E-state index contributed by atoms with van der Waals surface area (Å²) in [6.07, 6.45) is 0.786. The number of rotatable bonds is 6.